The molecule has 0 spiro atoms. The molecule has 2 aromatic rings. The Morgan fingerprint density at radius 1 is 0.889 bits per heavy atom. The second kappa shape index (κ2) is 4.89. The third-order valence-electron chi connectivity index (χ3n) is 2.19. The molecule has 6 heteroatoms. The molecule has 2 rings (SSSR count). The Hall–Kier alpha value is -1.69. The van der Waals surface area contributed by atoms with Crippen molar-refractivity contribution in [1.82, 2.24) is 0 Å². The molecule has 1 aromatic heterocycles. The van der Waals surface area contributed by atoms with Gasteiger partial charge in [-0.05, 0) is 17.5 Å². The molecule has 0 saturated carbocycles. The van der Waals surface area contributed by atoms with E-state index in [0.29, 0.717) is 10.1 Å². The lowest BCUT2D eigenvalue weighted by Crippen LogP contribution is -1.82. The largest absolute Gasteiger partial charge is 0.308 e. The van der Waals surface area contributed by atoms with Crippen molar-refractivity contribution in [3.8, 4) is 0 Å². The van der Waals surface area contributed by atoms with Crippen LogP contribution in [0.3, 0.4) is 0 Å². The highest BCUT2D eigenvalue weighted by molar-refractivity contribution is 7.20. The van der Waals surface area contributed by atoms with Gasteiger partial charge < -0.3 is 0 Å². The van der Waals surface area contributed by atoms with Crippen molar-refractivity contribution in [3.05, 3.63) is 52.9 Å². The Morgan fingerprint density at radius 2 is 1.56 bits per heavy atom. The number of benzene rings is 1. The van der Waals surface area contributed by atoms with Crippen molar-refractivity contribution in [2.24, 2.45) is 0 Å². The van der Waals surface area contributed by atoms with Crippen molar-refractivity contribution in [2.45, 2.75) is 0 Å². The molecule has 0 aliphatic rings. The van der Waals surface area contributed by atoms with Crippen LogP contribution in [0.25, 0.3) is 15.9 Å². The van der Waals surface area contributed by atoms with E-state index < -0.39 is 23.6 Å². The minimum absolute atomic E-state index is 0.231. The first-order valence-electron chi connectivity index (χ1n) is 4.76. The summed E-state index contributed by atoms with van der Waals surface area (Å²) in [4.78, 5) is -0.231. The molecule has 1 aromatic carbocycles. The second-order valence-corrected chi connectivity index (χ2v) is 4.43. The zero-order valence-electron chi connectivity index (χ0n) is 8.68. The molecule has 18 heavy (non-hydrogen) atoms. The summed E-state index contributed by atoms with van der Waals surface area (Å²) in [5.41, 5.74) is 0. The molecule has 0 unspecified atom stereocenters. The number of halogens is 5. The van der Waals surface area contributed by atoms with Crippen molar-refractivity contribution < 1.29 is 22.0 Å². The zero-order valence-corrected chi connectivity index (χ0v) is 9.50. The molecule has 0 saturated heterocycles. The molecule has 0 atom stereocenters. The molecule has 0 nitrogen and oxygen atoms in total. The lowest BCUT2D eigenvalue weighted by molar-refractivity contribution is 0.370. The predicted octanol–water partition coefficient (Wildman–Crippen LogP) is 5.59. The van der Waals surface area contributed by atoms with Crippen LogP contribution in [-0.4, -0.2) is 0 Å². The van der Waals surface area contributed by atoms with Crippen LogP contribution >= 0.6 is 11.3 Å². The summed E-state index contributed by atoms with van der Waals surface area (Å²) in [6.45, 7) is 0. The van der Waals surface area contributed by atoms with E-state index in [4.69, 9.17) is 0 Å². The van der Waals surface area contributed by atoms with Crippen molar-refractivity contribution in [1.29, 1.82) is 0 Å². The maximum atomic E-state index is 13.5. The summed E-state index contributed by atoms with van der Waals surface area (Å²) >= 11 is 0.856. The zero-order chi connectivity index (χ0) is 13.3. The molecule has 0 amide bonds. The van der Waals surface area contributed by atoms with Crippen molar-refractivity contribution in [2.75, 3.05) is 0 Å². The lowest BCUT2D eigenvalue weighted by atomic mass is 10.2. The SMILES string of the molecule is FC(F)=C(F)/C(F)=C(/F)c1cc2ccccc2s1. The van der Waals surface area contributed by atoms with Gasteiger partial charge >= 0.3 is 6.08 Å². The van der Waals surface area contributed by atoms with E-state index in [1.807, 2.05) is 0 Å². The normalized spacial score (nSPS) is 12.5. The summed E-state index contributed by atoms with van der Waals surface area (Å²) in [5.74, 6) is -6.27. The van der Waals surface area contributed by atoms with Gasteiger partial charge in [0, 0.05) is 4.70 Å². The number of allylic oxidation sites excluding steroid dienone is 2. The summed E-state index contributed by atoms with van der Waals surface area (Å²) < 4.78 is 63.4. The van der Waals surface area contributed by atoms with Gasteiger partial charge in [-0.1, -0.05) is 18.2 Å². The smallest absolute Gasteiger partial charge is 0.202 e. The molecule has 0 N–H and O–H groups in total. The molecule has 94 valence electrons. The summed E-state index contributed by atoms with van der Waals surface area (Å²) in [5, 5.41) is 0.630. The van der Waals surface area contributed by atoms with Gasteiger partial charge in [0.05, 0.1) is 4.88 Å². The average molecular weight is 276 g/mol. The Morgan fingerprint density at radius 3 is 2.17 bits per heavy atom. The van der Waals surface area contributed by atoms with E-state index in [2.05, 4.69) is 0 Å². The van der Waals surface area contributed by atoms with Crippen LogP contribution in [0.15, 0.2) is 48.1 Å². The van der Waals surface area contributed by atoms with Crippen molar-refractivity contribution >= 4 is 27.2 Å². The molecule has 0 aliphatic carbocycles. The standard InChI is InChI=1S/C12H5F5S/c13-9(10(14)11(15)12(16)17)8-5-6-3-1-2-4-7(6)18-8/h1-5H/b10-9-. The fraction of sp³-hybridized carbons (Fsp3) is 0. The maximum Gasteiger partial charge on any atom is 0.308 e. The molecule has 0 aliphatic heterocycles. The Bertz CT molecular complexity index is 616. The summed E-state index contributed by atoms with van der Waals surface area (Å²) in [6.07, 6.45) is -2.89. The van der Waals surface area contributed by atoms with E-state index in [9.17, 15) is 22.0 Å². The molecule has 0 fully saturated rings. The molecular weight excluding hydrogens is 271 g/mol. The van der Waals surface area contributed by atoms with Crippen LogP contribution in [0.1, 0.15) is 4.88 Å². The quantitative estimate of drug-likeness (QED) is 0.495. The topological polar surface area (TPSA) is 0 Å². The van der Waals surface area contributed by atoms with Gasteiger partial charge in [0.1, 0.15) is 0 Å². The van der Waals surface area contributed by atoms with Crippen LogP contribution in [0.5, 0.6) is 0 Å². The minimum Gasteiger partial charge on any atom is -0.202 e. The van der Waals surface area contributed by atoms with E-state index in [-0.39, 0.29) is 4.88 Å². The average Bonchev–Trinajstić information content (AvgIpc) is 2.79. The van der Waals surface area contributed by atoms with Gasteiger partial charge in [-0.3, -0.25) is 0 Å². The van der Waals surface area contributed by atoms with Crippen LogP contribution in [0, 0.1) is 0 Å². The van der Waals surface area contributed by atoms with Crippen LogP contribution in [0.4, 0.5) is 22.0 Å². The van der Waals surface area contributed by atoms with Gasteiger partial charge in [0.25, 0.3) is 0 Å². The Kier molecular flexibility index (Phi) is 3.47. The molecule has 0 bridgehead atoms. The number of fused-ring (bicyclic) bond motifs is 1. The lowest BCUT2D eigenvalue weighted by Gasteiger charge is -1.95. The third-order valence-corrected chi connectivity index (χ3v) is 3.30. The highest BCUT2D eigenvalue weighted by Crippen LogP contribution is 2.35. The van der Waals surface area contributed by atoms with Gasteiger partial charge in [-0.2, -0.15) is 13.2 Å². The van der Waals surface area contributed by atoms with E-state index in [1.165, 1.54) is 6.07 Å². The first kappa shape index (κ1) is 12.8. The first-order chi connectivity index (χ1) is 8.50. The highest BCUT2D eigenvalue weighted by Gasteiger charge is 2.20. The van der Waals surface area contributed by atoms with E-state index in [0.717, 1.165) is 11.3 Å². The van der Waals surface area contributed by atoms with E-state index in [1.54, 1.807) is 24.3 Å². The molecule has 0 radical (unpaired) electrons. The van der Waals surface area contributed by atoms with Crippen LogP contribution in [-0.2, 0) is 0 Å². The minimum atomic E-state index is -2.89. The summed E-state index contributed by atoms with van der Waals surface area (Å²) in [7, 11) is 0. The maximum absolute atomic E-state index is 13.5. The Labute approximate surface area is 103 Å². The fourth-order valence-electron chi connectivity index (χ4n) is 1.38. The molecule has 1 heterocycles. The van der Waals surface area contributed by atoms with Crippen molar-refractivity contribution in [3.63, 3.8) is 0 Å². The van der Waals surface area contributed by atoms with Gasteiger partial charge in [-0.25, -0.2) is 8.78 Å². The Balaban J connectivity index is 2.54. The number of hydrogen-bond acceptors (Lipinski definition) is 1. The van der Waals surface area contributed by atoms with E-state index >= 15 is 0 Å². The number of rotatable bonds is 2. The first-order valence-corrected chi connectivity index (χ1v) is 5.57. The highest BCUT2D eigenvalue weighted by atomic mass is 32.1. The fourth-order valence-corrected chi connectivity index (χ4v) is 2.37. The monoisotopic (exact) mass is 276 g/mol. The second-order valence-electron chi connectivity index (χ2n) is 3.35. The third kappa shape index (κ3) is 2.28. The van der Waals surface area contributed by atoms with Gasteiger partial charge in [0.15, 0.2) is 5.83 Å². The van der Waals surface area contributed by atoms with Gasteiger partial charge in [0.2, 0.25) is 11.7 Å². The predicted molar refractivity (Wildman–Crippen MR) is 61.3 cm³/mol. The van der Waals surface area contributed by atoms with Crippen LogP contribution < -0.4 is 0 Å². The van der Waals surface area contributed by atoms with Gasteiger partial charge in [-0.15, -0.1) is 11.3 Å². The molecular formula is C12H5F5S. The number of thiophene rings is 1. The van der Waals surface area contributed by atoms with Crippen LogP contribution in [0.2, 0.25) is 0 Å². The summed E-state index contributed by atoms with van der Waals surface area (Å²) in [6, 6.07) is 7.98. The number of hydrogen-bond donors (Lipinski definition) is 0.